The second-order valence-corrected chi connectivity index (χ2v) is 9.21. The van der Waals surface area contributed by atoms with Crippen LogP contribution in [0.2, 0.25) is 0 Å². The van der Waals surface area contributed by atoms with Crippen LogP contribution in [0.1, 0.15) is 31.5 Å². The Morgan fingerprint density at radius 3 is 2.38 bits per heavy atom. The van der Waals surface area contributed by atoms with Crippen molar-refractivity contribution in [2.75, 3.05) is 7.05 Å². The van der Waals surface area contributed by atoms with E-state index in [1.165, 1.54) is 11.4 Å². The lowest BCUT2D eigenvalue weighted by Gasteiger charge is -2.31. The highest BCUT2D eigenvalue weighted by Gasteiger charge is 2.44. The van der Waals surface area contributed by atoms with E-state index in [0.717, 1.165) is 11.0 Å². The number of fused-ring (bicyclic) bond motifs is 1. The number of benzene rings is 1. The molecule has 1 aliphatic rings. The molecule has 0 spiro atoms. The predicted molar refractivity (Wildman–Crippen MR) is 92.9 cm³/mol. The number of aromatic nitrogens is 2. The summed E-state index contributed by atoms with van der Waals surface area (Å²) in [6.07, 6.45) is -4.42. The average Bonchev–Trinajstić information content (AvgIpc) is 2.90. The Kier molecular flexibility index (Phi) is 5.04. The maximum absolute atomic E-state index is 12.8. The first-order valence-corrected chi connectivity index (χ1v) is 10.0. The number of hydrogen-bond acceptors (Lipinski definition) is 3. The van der Waals surface area contributed by atoms with Crippen LogP contribution in [0.3, 0.4) is 0 Å². The van der Waals surface area contributed by atoms with Crippen molar-refractivity contribution in [1.29, 1.82) is 0 Å². The molecule has 3 rings (SSSR count). The van der Waals surface area contributed by atoms with Gasteiger partial charge in [0, 0.05) is 14.1 Å². The van der Waals surface area contributed by atoms with Gasteiger partial charge in [0.15, 0.2) is 0 Å². The summed E-state index contributed by atoms with van der Waals surface area (Å²) in [5.41, 5.74) is 1.68. The van der Waals surface area contributed by atoms with Crippen molar-refractivity contribution in [3.63, 3.8) is 0 Å². The molecule has 0 aliphatic heterocycles. The largest absolute Gasteiger partial charge is 0.391 e. The van der Waals surface area contributed by atoms with Gasteiger partial charge in [-0.15, -0.1) is 0 Å². The Balaban J connectivity index is 1.72. The molecule has 1 fully saturated rings. The molecule has 26 heavy (non-hydrogen) atoms. The van der Waals surface area contributed by atoms with Crippen molar-refractivity contribution in [3.05, 3.63) is 30.1 Å². The van der Waals surface area contributed by atoms with E-state index >= 15 is 0 Å². The summed E-state index contributed by atoms with van der Waals surface area (Å²) in [7, 11) is -0.389. The van der Waals surface area contributed by atoms with Gasteiger partial charge >= 0.3 is 6.18 Å². The number of halogens is 3. The summed E-state index contributed by atoms with van der Waals surface area (Å²) in [4.78, 5) is 4.46. The van der Waals surface area contributed by atoms with Crippen molar-refractivity contribution in [2.45, 2.75) is 43.7 Å². The van der Waals surface area contributed by atoms with E-state index in [4.69, 9.17) is 0 Å². The van der Waals surface area contributed by atoms with Crippen LogP contribution >= 0.6 is 0 Å². The maximum atomic E-state index is 12.8. The number of imidazole rings is 1. The van der Waals surface area contributed by atoms with Crippen LogP contribution in [0, 0.1) is 5.92 Å². The molecule has 0 amide bonds. The molecule has 0 unspecified atom stereocenters. The fraction of sp³-hybridized carbons (Fsp3) is 0.588. The second-order valence-electron chi connectivity index (χ2n) is 6.89. The van der Waals surface area contributed by atoms with Gasteiger partial charge in [-0.1, -0.05) is 12.1 Å². The van der Waals surface area contributed by atoms with Crippen LogP contribution in [0.25, 0.3) is 11.0 Å². The molecule has 1 heterocycles. The zero-order valence-electron chi connectivity index (χ0n) is 14.7. The lowest BCUT2D eigenvalue weighted by atomic mass is 9.88. The van der Waals surface area contributed by atoms with Crippen molar-refractivity contribution >= 4 is 21.1 Å². The van der Waals surface area contributed by atoms with E-state index in [2.05, 4.69) is 4.98 Å². The van der Waals surface area contributed by atoms with Crippen molar-refractivity contribution in [2.24, 2.45) is 13.0 Å². The average molecular weight is 389 g/mol. The van der Waals surface area contributed by atoms with Gasteiger partial charge in [-0.3, -0.25) is 0 Å². The Hall–Kier alpha value is -1.61. The molecule has 0 N–H and O–H groups in total. The third-order valence-electron chi connectivity index (χ3n) is 5.24. The summed E-state index contributed by atoms with van der Waals surface area (Å²) in [6.45, 7) is 0.0900. The lowest BCUT2D eigenvalue weighted by molar-refractivity contribution is -0.181. The zero-order valence-corrected chi connectivity index (χ0v) is 15.5. The van der Waals surface area contributed by atoms with E-state index < -0.39 is 27.4 Å². The molecule has 0 saturated heterocycles. The van der Waals surface area contributed by atoms with Crippen LogP contribution in [-0.4, -0.2) is 40.7 Å². The van der Waals surface area contributed by atoms with E-state index in [1.54, 1.807) is 0 Å². The predicted octanol–water partition coefficient (Wildman–Crippen LogP) is 3.46. The van der Waals surface area contributed by atoms with Crippen molar-refractivity contribution in [3.8, 4) is 0 Å². The van der Waals surface area contributed by atoms with Crippen LogP contribution in [0.5, 0.6) is 0 Å². The molecule has 0 bridgehead atoms. The SMILES string of the molecule is CN(Cc1nc2ccccc2n1C)S(=O)(=O)C1CCC(C(F)(F)F)CC1. The van der Waals surface area contributed by atoms with Gasteiger partial charge in [0.05, 0.1) is 28.7 Å². The van der Waals surface area contributed by atoms with Gasteiger partial charge in [-0.2, -0.15) is 17.5 Å². The fourth-order valence-electron chi connectivity index (χ4n) is 3.57. The van der Waals surface area contributed by atoms with Crippen LogP contribution in [-0.2, 0) is 23.6 Å². The summed E-state index contributed by atoms with van der Waals surface area (Å²) in [5, 5.41) is -0.763. The molecular weight excluding hydrogens is 367 g/mol. The van der Waals surface area contributed by atoms with Gasteiger partial charge in [0.1, 0.15) is 5.82 Å². The minimum absolute atomic E-state index is 0.0411. The maximum Gasteiger partial charge on any atom is 0.391 e. The molecule has 0 radical (unpaired) electrons. The molecule has 1 saturated carbocycles. The van der Waals surface area contributed by atoms with Gasteiger partial charge in [0.25, 0.3) is 0 Å². The van der Waals surface area contributed by atoms with Crippen LogP contribution in [0.4, 0.5) is 13.2 Å². The Morgan fingerprint density at radius 2 is 1.81 bits per heavy atom. The smallest absolute Gasteiger partial charge is 0.330 e. The Labute approximate surface area is 150 Å². The summed E-state index contributed by atoms with van der Waals surface area (Å²) in [6, 6.07) is 7.50. The molecule has 5 nitrogen and oxygen atoms in total. The number of alkyl halides is 3. The Morgan fingerprint density at radius 1 is 1.19 bits per heavy atom. The van der Waals surface area contributed by atoms with Crippen molar-refractivity contribution in [1.82, 2.24) is 13.9 Å². The fourth-order valence-corrected chi connectivity index (χ4v) is 5.24. The number of aryl methyl sites for hydroxylation is 1. The monoisotopic (exact) mass is 389 g/mol. The van der Waals surface area contributed by atoms with Crippen LogP contribution in [0.15, 0.2) is 24.3 Å². The topological polar surface area (TPSA) is 55.2 Å². The van der Waals surface area contributed by atoms with E-state index in [-0.39, 0.29) is 32.2 Å². The minimum atomic E-state index is -4.24. The third kappa shape index (κ3) is 3.59. The number of para-hydroxylation sites is 2. The molecule has 1 aromatic carbocycles. The van der Waals surface area contributed by atoms with E-state index in [0.29, 0.717) is 5.82 Å². The molecule has 9 heteroatoms. The third-order valence-corrected chi connectivity index (χ3v) is 7.55. The normalized spacial score (nSPS) is 22.2. The van der Waals surface area contributed by atoms with Gasteiger partial charge in [0.2, 0.25) is 10.0 Å². The summed E-state index contributed by atoms with van der Waals surface area (Å²) < 4.78 is 67.0. The number of nitrogens with zero attached hydrogens (tertiary/aromatic N) is 3. The first-order valence-electron chi connectivity index (χ1n) is 8.53. The quantitative estimate of drug-likeness (QED) is 0.805. The van der Waals surface area contributed by atoms with Gasteiger partial charge in [-0.25, -0.2) is 13.4 Å². The molecule has 0 atom stereocenters. The lowest BCUT2D eigenvalue weighted by Crippen LogP contribution is -2.40. The van der Waals surface area contributed by atoms with E-state index in [1.807, 2.05) is 35.9 Å². The first kappa shape index (κ1) is 19.2. The Bertz CT molecular complexity index is 884. The number of rotatable bonds is 4. The number of sulfonamides is 1. The minimum Gasteiger partial charge on any atom is -0.330 e. The zero-order chi connectivity index (χ0) is 19.1. The first-order chi connectivity index (χ1) is 12.1. The molecule has 1 aliphatic carbocycles. The van der Waals surface area contributed by atoms with Crippen LogP contribution < -0.4 is 0 Å². The van der Waals surface area contributed by atoms with E-state index in [9.17, 15) is 21.6 Å². The standard InChI is InChI=1S/C17H22F3N3O2S/c1-22(11-16-21-14-5-3-4-6-15(14)23(16)2)26(24,25)13-9-7-12(8-10-13)17(18,19)20/h3-6,12-13H,7-11H2,1-2H3. The highest BCUT2D eigenvalue weighted by atomic mass is 32.2. The van der Waals surface area contributed by atoms with Gasteiger partial charge < -0.3 is 4.57 Å². The highest BCUT2D eigenvalue weighted by molar-refractivity contribution is 7.89. The summed E-state index contributed by atoms with van der Waals surface area (Å²) in [5.74, 6) is -0.791. The molecular formula is C17H22F3N3O2S. The number of hydrogen-bond donors (Lipinski definition) is 0. The van der Waals surface area contributed by atoms with Gasteiger partial charge in [-0.05, 0) is 37.8 Å². The second kappa shape index (κ2) is 6.84. The molecule has 1 aromatic heterocycles. The highest BCUT2D eigenvalue weighted by Crippen LogP contribution is 2.39. The van der Waals surface area contributed by atoms with Crippen molar-refractivity contribution < 1.29 is 21.6 Å². The molecule has 2 aromatic rings. The summed E-state index contributed by atoms with van der Waals surface area (Å²) >= 11 is 0. The molecule has 144 valence electrons.